The van der Waals surface area contributed by atoms with Crippen LogP contribution in [0.25, 0.3) is 0 Å². The van der Waals surface area contributed by atoms with Gasteiger partial charge in [-0.3, -0.25) is 9.69 Å². The van der Waals surface area contributed by atoms with Crippen molar-refractivity contribution in [2.24, 2.45) is 0 Å². The van der Waals surface area contributed by atoms with E-state index in [2.05, 4.69) is 6.92 Å². The summed E-state index contributed by atoms with van der Waals surface area (Å²) in [7, 11) is 0. The standard InChI is InChI=1S/C16H23NO4/c1-2-11-20-13-5-7-14(8-6-13)21-12-10-17-9-3-4-15(17)16(18)19/h5-8,15H,2-4,9-12H2,1H3,(H,18,19)/t15-/m1/s1. The second-order valence-corrected chi connectivity index (χ2v) is 5.20. The Morgan fingerprint density at radius 1 is 1.24 bits per heavy atom. The van der Waals surface area contributed by atoms with E-state index in [1.807, 2.05) is 29.2 Å². The Labute approximate surface area is 125 Å². The Morgan fingerprint density at radius 3 is 2.43 bits per heavy atom. The van der Waals surface area contributed by atoms with Gasteiger partial charge in [0.05, 0.1) is 6.61 Å². The highest BCUT2D eigenvalue weighted by Gasteiger charge is 2.29. The molecule has 1 aliphatic rings. The first-order chi connectivity index (χ1) is 10.2. The molecular formula is C16H23NO4. The van der Waals surface area contributed by atoms with E-state index >= 15 is 0 Å². The lowest BCUT2D eigenvalue weighted by Crippen LogP contribution is -2.38. The van der Waals surface area contributed by atoms with Crippen LogP contribution in [-0.4, -0.2) is 48.3 Å². The maximum absolute atomic E-state index is 11.1. The number of aliphatic carboxylic acids is 1. The lowest BCUT2D eigenvalue weighted by molar-refractivity contribution is -0.142. The van der Waals surface area contributed by atoms with Crippen molar-refractivity contribution in [3.05, 3.63) is 24.3 Å². The van der Waals surface area contributed by atoms with E-state index in [9.17, 15) is 4.79 Å². The Hall–Kier alpha value is -1.75. The van der Waals surface area contributed by atoms with Crippen molar-refractivity contribution in [1.29, 1.82) is 0 Å². The molecule has 1 aliphatic heterocycles. The van der Waals surface area contributed by atoms with Gasteiger partial charge in [-0.05, 0) is 50.1 Å². The topological polar surface area (TPSA) is 59.0 Å². The van der Waals surface area contributed by atoms with Crippen molar-refractivity contribution in [1.82, 2.24) is 4.90 Å². The first kappa shape index (κ1) is 15.6. The average molecular weight is 293 g/mol. The fourth-order valence-corrected chi connectivity index (χ4v) is 2.51. The molecular weight excluding hydrogens is 270 g/mol. The van der Waals surface area contributed by atoms with E-state index < -0.39 is 5.97 Å². The van der Waals surface area contributed by atoms with Crippen LogP contribution < -0.4 is 9.47 Å². The fourth-order valence-electron chi connectivity index (χ4n) is 2.51. The van der Waals surface area contributed by atoms with Crippen LogP contribution in [0.1, 0.15) is 26.2 Å². The van der Waals surface area contributed by atoms with Gasteiger partial charge in [-0.25, -0.2) is 0 Å². The van der Waals surface area contributed by atoms with E-state index in [0.29, 0.717) is 19.8 Å². The maximum Gasteiger partial charge on any atom is 0.320 e. The molecule has 5 nitrogen and oxygen atoms in total. The number of rotatable bonds is 8. The van der Waals surface area contributed by atoms with Crippen LogP contribution in [0.2, 0.25) is 0 Å². The zero-order valence-electron chi connectivity index (χ0n) is 12.5. The third-order valence-electron chi connectivity index (χ3n) is 3.59. The van der Waals surface area contributed by atoms with Crippen molar-refractivity contribution in [3.63, 3.8) is 0 Å². The zero-order valence-corrected chi connectivity index (χ0v) is 12.5. The number of benzene rings is 1. The Kier molecular flexibility index (Phi) is 5.87. The molecule has 0 aromatic heterocycles. The lowest BCUT2D eigenvalue weighted by atomic mass is 10.2. The van der Waals surface area contributed by atoms with Gasteiger partial charge in [0.15, 0.2) is 0 Å². The molecule has 0 amide bonds. The molecule has 5 heteroatoms. The molecule has 21 heavy (non-hydrogen) atoms. The predicted octanol–water partition coefficient (Wildman–Crippen LogP) is 2.40. The van der Waals surface area contributed by atoms with Crippen LogP contribution >= 0.6 is 0 Å². The predicted molar refractivity (Wildman–Crippen MR) is 80.0 cm³/mol. The van der Waals surface area contributed by atoms with Gasteiger partial charge in [0.25, 0.3) is 0 Å². The van der Waals surface area contributed by atoms with Crippen LogP contribution in [-0.2, 0) is 4.79 Å². The van der Waals surface area contributed by atoms with Crippen LogP contribution in [0.3, 0.4) is 0 Å². The summed E-state index contributed by atoms with van der Waals surface area (Å²) in [5.74, 6) is 0.893. The molecule has 1 heterocycles. The largest absolute Gasteiger partial charge is 0.494 e. The minimum atomic E-state index is -0.732. The number of likely N-dealkylation sites (tertiary alicyclic amines) is 1. The highest BCUT2D eigenvalue weighted by Crippen LogP contribution is 2.19. The number of carbonyl (C=O) groups is 1. The number of hydrogen-bond acceptors (Lipinski definition) is 4. The second kappa shape index (κ2) is 7.88. The third kappa shape index (κ3) is 4.63. The molecule has 0 radical (unpaired) electrons. The number of carboxylic acids is 1. The SMILES string of the molecule is CCCOc1ccc(OCCN2CCC[C@@H]2C(=O)O)cc1. The summed E-state index contributed by atoms with van der Waals surface area (Å²) in [4.78, 5) is 13.0. The zero-order chi connectivity index (χ0) is 15.1. The maximum atomic E-state index is 11.1. The quantitative estimate of drug-likeness (QED) is 0.797. The summed E-state index contributed by atoms with van der Waals surface area (Å²) < 4.78 is 11.2. The molecule has 0 spiro atoms. The summed E-state index contributed by atoms with van der Waals surface area (Å²) in [6.45, 7) is 4.76. The molecule has 0 unspecified atom stereocenters. The number of hydrogen-bond donors (Lipinski definition) is 1. The van der Waals surface area contributed by atoms with Gasteiger partial charge in [-0.15, -0.1) is 0 Å². The van der Waals surface area contributed by atoms with E-state index in [1.165, 1.54) is 0 Å². The summed E-state index contributed by atoms with van der Waals surface area (Å²) in [6, 6.07) is 7.19. The first-order valence-electron chi connectivity index (χ1n) is 7.53. The van der Waals surface area contributed by atoms with E-state index in [4.69, 9.17) is 14.6 Å². The van der Waals surface area contributed by atoms with Crippen molar-refractivity contribution in [3.8, 4) is 11.5 Å². The van der Waals surface area contributed by atoms with Gasteiger partial charge < -0.3 is 14.6 Å². The minimum absolute atomic E-state index is 0.349. The Morgan fingerprint density at radius 2 is 1.86 bits per heavy atom. The fraction of sp³-hybridized carbons (Fsp3) is 0.562. The van der Waals surface area contributed by atoms with Crippen molar-refractivity contribution < 1.29 is 19.4 Å². The first-order valence-corrected chi connectivity index (χ1v) is 7.53. The van der Waals surface area contributed by atoms with Crippen LogP contribution in [0.5, 0.6) is 11.5 Å². The van der Waals surface area contributed by atoms with Crippen LogP contribution in [0, 0.1) is 0 Å². The number of carboxylic acid groups (broad SMARTS) is 1. The summed E-state index contributed by atoms with van der Waals surface area (Å²) in [5, 5.41) is 9.11. The second-order valence-electron chi connectivity index (χ2n) is 5.20. The van der Waals surface area contributed by atoms with E-state index in [0.717, 1.165) is 37.3 Å². The van der Waals surface area contributed by atoms with Gasteiger partial charge in [0.2, 0.25) is 0 Å². The van der Waals surface area contributed by atoms with E-state index in [1.54, 1.807) is 0 Å². The van der Waals surface area contributed by atoms with Crippen molar-refractivity contribution >= 4 is 5.97 Å². The van der Waals surface area contributed by atoms with Gasteiger partial charge in [0.1, 0.15) is 24.1 Å². The van der Waals surface area contributed by atoms with Gasteiger partial charge in [-0.2, -0.15) is 0 Å². The molecule has 1 saturated heterocycles. The normalized spacial score (nSPS) is 18.6. The monoisotopic (exact) mass is 293 g/mol. The van der Waals surface area contributed by atoms with Crippen LogP contribution in [0.4, 0.5) is 0 Å². The van der Waals surface area contributed by atoms with E-state index in [-0.39, 0.29) is 6.04 Å². The van der Waals surface area contributed by atoms with Crippen molar-refractivity contribution in [2.45, 2.75) is 32.2 Å². The highest BCUT2D eigenvalue weighted by molar-refractivity contribution is 5.73. The van der Waals surface area contributed by atoms with Gasteiger partial charge in [0, 0.05) is 6.54 Å². The summed E-state index contributed by atoms with van der Waals surface area (Å²) >= 11 is 0. The average Bonchev–Trinajstić information content (AvgIpc) is 2.95. The number of nitrogens with zero attached hydrogens (tertiary/aromatic N) is 1. The van der Waals surface area contributed by atoms with Crippen molar-refractivity contribution in [2.75, 3.05) is 26.3 Å². The molecule has 0 aliphatic carbocycles. The molecule has 1 aromatic rings. The number of ether oxygens (including phenoxy) is 2. The molecule has 0 saturated carbocycles. The summed E-state index contributed by atoms with van der Waals surface area (Å²) in [5.41, 5.74) is 0. The highest BCUT2D eigenvalue weighted by atomic mass is 16.5. The van der Waals surface area contributed by atoms with Gasteiger partial charge >= 0.3 is 5.97 Å². The smallest absolute Gasteiger partial charge is 0.320 e. The molecule has 0 bridgehead atoms. The minimum Gasteiger partial charge on any atom is -0.494 e. The Bertz CT molecular complexity index is 446. The summed E-state index contributed by atoms with van der Waals surface area (Å²) in [6.07, 6.45) is 2.66. The molecule has 1 aromatic carbocycles. The molecule has 1 N–H and O–H groups in total. The third-order valence-corrected chi connectivity index (χ3v) is 3.59. The molecule has 116 valence electrons. The molecule has 1 fully saturated rings. The Balaban J connectivity index is 1.74. The molecule has 2 rings (SSSR count). The van der Waals surface area contributed by atoms with Gasteiger partial charge in [-0.1, -0.05) is 6.92 Å². The molecule has 1 atom stereocenters. The lowest BCUT2D eigenvalue weighted by Gasteiger charge is -2.20. The van der Waals surface area contributed by atoms with Crippen LogP contribution in [0.15, 0.2) is 24.3 Å².